The third-order valence-corrected chi connectivity index (χ3v) is 6.55. The molecule has 0 spiro atoms. The van der Waals surface area contributed by atoms with Crippen molar-refractivity contribution in [2.45, 2.75) is 26.3 Å². The Labute approximate surface area is 227 Å². The molecule has 4 aromatic carbocycles. The van der Waals surface area contributed by atoms with Crippen molar-refractivity contribution >= 4 is 23.1 Å². The van der Waals surface area contributed by atoms with Gasteiger partial charge in [0.25, 0.3) is 11.7 Å². The SMILES string of the molecule is CCCOc1cccc(/C(O)=C2/C(=O)C(=O)N(c3ccccc3C)C2c2cccc(Oc3ccccc3)c2)c1. The number of para-hydroxylation sites is 2. The zero-order valence-corrected chi connectivity index (χ0v) is 21.8. The number of hydrogen-bond donors (Lipinski definition) is 1. The number of carbonyl (C=O) groups is 2. The summed E-state index contributed by atoms with van der Waals surface area (Å²) in [6.07, 6.45) is 0.832. The molecule has 196 valence electrons. The molecule has 1 heterocycles. The lowest BCUT2D eigenvalue weighted by atomic mass is 9.94. The van der Waals surface area contributed by atoms with Crippen LogP contribution in [0.2, 0.25) is 0 Å². The molecule has 39 heavy (non-hydrogen) atoms. The molecule has 6 heteroatoms. The van der Waals surface area contributed by atoms with E-state index in [0.717, 1.165) is 12.0 Å². The van der Waals surface area contributed by atoms with Gasteiger partial charge in [-0.1, -0.05) is 67.6 Å². The summed E-state index contributed by atoms with van der Waals surface area (Å²) in [7, 11) is 0. The van der Waals surface area contributed by atoms with Gasteiger partial charge in [-0.25, -0.2) is 0 Å². The highest BCUT2D eigenvalue weighted by atomic mass is 16.5. The van der Waals surface area contributed by atoms with Gasteiger partial charge in [-0.2, -0.15) is 0 Å². The third-order valence-electron chi connectivity index (χ3n) is 6.55. The van der Waals surface area contributed by atoms with E-state index < -0.39 is 17.7 Å². The van der Waals surface area contributed by atoms with Crippen LogP contribution in [0.4, 0.5) is 5.69 Å². The van der Waals surface area contributed by atoms with Crippen LogP contribution in [0.5, 0.6) is 17.2 Å². The number of rotatable bonds is 8. The molecule has 1 aliphatic heterocycles. The number of aliphatic hydroxyl groups excluding tert-OH is 1. The van der Waals surface area contributed by atoms with Gasteiger partial charge in [0.1, 0.15) is 23.0 Å². The van der Waals surface area contributed by atoms with E-state index >= 15 is 0 Å². The van der Waals surface area contributed by atoms with Crippen LogP contribution >= 0.6 is 0 Å². The van der Waals surface area contributed by atoms with Gasteiger partial charge in [-0.05, 0) is 66.9 Å². The number of benzene rings is 4. The molecule has 1 amide bonds. The molecule has 4 aromatic rings. The van der Waals surface area contributed by atoms with Crippen LogP contribution < -0.4 is 14.4 Å². The molecule has 0 radical (unpaired) electrons. The monoisotopic (exact) mass is 519 g/mol. The number of hydrogen-bond acceptors (Lipinski definition) is 5. The second kappa shape index (κ2) is 11.3. The standard InChI is InChI=1S/C33H29NO5/c1-3-19-38-26-16-10-13-24(21-26)31(35)29-30(34(33(37)32(29)36)28-18-8-7-11-22(28)2)23-12-9-17-27(20-23)39-25-14-5-4-6-15-25/h4-18,20-21,30,35H,3,19H2,1-2H3/b31-29-. The van der Waals surface area contributed by atoms with E-state index in [0.29, 0.717) is 40.7 Å². The topological polar surface area (TPSA) is 76.1 Å². The average Bonchev–Trinajstić information content (AvgIpc) is 3.22. The van der Waals surface area contributed by atoms with Crippen LogP contribution in [0.15, 0.2) is 109 Å². The fraction of sp³-hybridized carbons (Fsp3) is 0.152. The lowest BCUT2D eigenvalue weighted by molar-refractivity contribution is -0.132. The highest BCUT2D eigenvalue weighted by Crippen LogP contribution is 2.44. The van der Waals surface area contributed by atoms with Gasteiger partial charge in [0.05, 0.1) is 18.2 Å². The second-order valence-corrected chi connectivity index (χ2v) is 9.32. The van der Waals surface area contributed by atoms with Gasteiger partial charge in [0.15, 0.2) is 0 Å². The predicted molar refractivity (Wildman–Crippen MR) is 151 cm³/mol. The number of nitrogens with zero attached hydrogens (tertiary/aromatic N) is 1. The number of anilines is 1. The first kappa shape index (κ1) is 25.8. The fourth-order valence-corrected chi connectivity index (χ4v) is 4.71. The van der Waals surface area contributed by atoms with Gasteiger partial charge in [0, 0.05) is 11.3 Å². The molecule has 0 aliphatic carbocycles. The van der Waals surface area contributed by atoms with Crippen LogP contribution in [0.1, 0.15) is 36.1 Å². The highest BCUT2D eigenvalue weighted by molar-refractivity contribution is 6.51. The predicted octanol–water partition coefficient (Wildman–Crippen LogP) is 7.20. The molecule has 1 unspecified atom stereocenters. The van der Waals surface area contributed by atoms with E-state index in [4.69, 9.17) is 9.47 Å². The summed E-state index contributed by atoms with van der Waals surface area (Å²) in [5, 5.41) is 11.5. The Bertz CT molecular complexity index is 1540. The van der Waals surface area contributed by atoms with Gasteiger partial charge in [0.2, 0.25) is 0 Å². The first-order chi connectivity index (χ1) is 19.0. The Morgan fingerprint density at radius 2 is 1.51 bits per heavy atom. The maximum absolute atomic E-state index is 13.6. The molecule has 1 saturated heterocycles. The molecule has 0 saturated carbocycles. The number of aliphatic hydroxyl groups is 1. The van der Waals surface area contributed by atoms with Crippen molar-refractivity contribution in [3.8, 4) is 17.2 Å². The fourth-order valence-electron chi connectivity index (χ4n) is 4.71. The third kappa shape index (κ3) is 5.27. The molecule has 1 fully saturated rings. The molecule has 1 aliphatic rings. The van der Waals surface area contributed by atoms with Gasteiger partial charge < -0.3 is 14.6 Å². The molecule has 6 nitrogen and oxygen atoms in total. The summed E-state index contributed by atoms with van der Waals surface area (Å²) in [6.45, 7) is 4.41. The number of carbonyl (C=O) groups excluding carboxylic acids is 2. The maximum atomic E-state index is 13.6. The summed E-state index contributed by atoms with van der Waals surface area (Å²) in [5.74, 6) is 0.0590. The van der Waals surface area contributed by atoms with E-state index in [2.05, 4.69) is 0 Å². The Morgan fingerprint density at radius 1 is 0.821 bits per heavy atom. The maximum Gasteiger partial charge on any atom is 0.300 e. The highest BCUT2D eigenvalue weighted by Gasteiger charge is 2.47. The second-order valence-electron chi connectivity index (χ2n) is 9.32. The zero-order chi connectivity index (χ0) is 27.4. The number of Topliss-reactive ketones (excluding diaryl/α,β-unsaturated/α-hetero) is 1. The van der Waals surface area contributed by atoms with Crippen molar-refractivity contribution < 1.29 is 24.2 Å². The smallest absolute Gasteiger partial charge is 0.300 e. The van der Waals surface area contributed by atoms with E-state index in [9.17, 15) is 14.7 Å². The normalized spacial score (nSPS) is 16.4. The van der Waals surface area contributed by atoms with Crippen LogP contribution in [-0.4, -0.2) is 23.4 Å². The number of ketones is 1. The molecular formula is C33H29NO5. The number of ether oxygens (including phenoxy) is 2. The van der Waals surface area contributed by atoms with Crippen LogP contribution in [-0.2, 0) is 9.59 Å². The first-order valence-electron chi connectivity index (χ1n) is 12.9. The Hall–Kier alpha value is -4.84. The molecule has 0 aromatic heterocycles. The average molecular weight is 520 g/mol. The molecule has 1 N–H and O–H groups in total. The Kier molecular flexibility index (Phi) is 7.46. The summed E-state index contributed by atoms with van der Waals surface area (Å²) in [5.41, 5.74) is 2.46. The summed E-state index contributed by atoms with van der Waals surface area (Å²) in [4.78, 5) is 28.6. The Balaban J connectivity index is 1.65. The lowest BCUT2D eigenvalue weighted by Crippen LogP contribution is -2.30. The van der Waals surface area contributed by atoms with Crippen LogP contribution in [0.25, 0.3) is 5.76 Å². The molecule has 1 atom stereocenters. The number of aryl methyl sites for hydroxylation is 1. The first-order valence-corrected chi connectivity index (χ1v) is 12.9. The van der Waals surface area contributed by atoms with Crippen molar-refractivity contribution in [2.75, 3.05) is 11.5 Å². The van der Waals surface area contributed by atoms with Crippen LogP contribution in [0.3, 0.4) is 0 Å². The summed E-state index contributed by atoms with van der Waals surface area (Å²) in [6, 6.07) is 30.0. The Morgan fingerprint density at radius 3 is 2.28 bits per heavy atom. The van der Waals surface area contributed by atoms with Crippen molar-refractivity contribution in [1.82, 2.24) is 0 Å². The van der Waals surface area contributed by atoms with E-state index in [1.807, 2.05) is 80.6 Å². The van der Waals surface area contributed by atoms with Crippen molar-refractivity contribution in [1.29, 1.82) is 0 Å². The van der Waals surface area contributed by atoms with Gasteiger partial charge >= 0.3 is 0 Å². The summed E-state index contributed by atoms with van der Waals surface area (Å²) < 4.78 is 11.8. The van der Waals surface area contributed by atoms with Gasteiger partial charge in [-0.15, -0.1) is 0 Å². The molecule has 0 bridgehead atoms. The van der Waals surface area contributed by atoms with Crippen LogP contribution in [0, 0.1) is 6.92 Å². The van der Waals surface area contributed by atoms with E-state index in [-0.39, 0.29) is 11.3 Å². The minimum absolute atomic E-state index is 0.00718. The quantitative estimate of drug-likeness (QED) is 0.151. The summed E-state index contributed by atoms with van der Waals surface area (Å²) >= 11 is 0. The molecule has 5 rings (SSSR count). The largest absolute Gasteiger partial charge is 0.507 e. The van der Waals surface area contributed by atoms with E-state index in [1.165, 1.54) is 4.90 Å². The lowest BCUT2D eigenvalue weighted by Gasteiger charge is -2.27. The van der Waals surface area contributed by atoms with Gasteiger partial charge in [-0.3, -0.25) is 14.5 Å². The van der Waals surface area contributed by atoms with Crippen molar-refractivity contribution in [3.63, 3.8) is 0 Å². The van der Waals surface area contributed by atoms with E-state index in [1.54, 1.807) is 36.4 Å². The molecular weight excluding hydrogens is 490 g/mol. The van der Waals surface area contributed by atoms with Crippen molar-refractivity contribution in [3.05, 3.63) is 125 Å². The minimum Gasteiger partial charge on any atom is -0.507 e. The number of amides is 1. The minimum atomic E-state index is -0.870. The zero-order valence-electron chi connectivity index (χ0n) is 21.8. The van der Waals surface area contributed by atoms with Crippen molar-refractivity contribution in [2.24, 2.45) is 0 Å².